The molecule has 4 heteroatoms. The largest absolute Gasteiger partial charge is 0.392 e. The Balaban J connectivity index is 2.35. The first-order valence-electron chi connectivity index (χ1n) is 2.86. The van der Waals surface area contributed by atoms with Crippen molar-refractivity contribution >= 4 is 12.6 Å². The molecule has 3 nitrogen and oxygen atoms in total. The van der Waals surface area contributed by atoms with Crippen molar-refractivity contribution in [3.05, 3.63) is 0 Å². The van der Waals surface area contributed by atoms with Crippen LogP contribution in [0, 0.1) is 0 Å². The lowest BCUT2D eigenvalue weighted by Crippen LogP contribution is -2.37. The molecule has 3 unspecified atom stereocenters. The zero-order valence-corrected chi connectivity index (χ0v) is 5.79. The molecule has 1 fully saturated rings. The Bertz CT molecular complexity index is 98.2. The van der Waals surface area contributed by atoms with E-state index in [9.17, 15) is 0 Å². The van der Waals surface area contributed by atoms with Crippen LogP contribution in [-0.4, -0.2) is 34.5 Å². The third kappa shape index (κ3) is 1.82. The lowest BCUT2D eigenvalue weighted by atomic mass is 10.1. The van der Waals surface area contributed by atoms with Gasteiger partial charge in [-0.1, -0.05) is 0 Å². The smallest absolute Gasteiger partial charge is 0.157 e. The predicted octanol–water partition coefficient (Wildman–Crippen LogP) is -0.616. The Morgan fingerprint density at radius 3 is 2.56 bits per heavy atom. The van der Waals surface area contributed by atoms with Crippen LogP contribution < -0.4 is 0 Å². The summed E-state index contributed by atoms with van der Waals surface area (Å²) < 4.78 is 4.78. The molecule has 0 aliphatic carbocycles. The van der Waals surface area contributed by atoms with Crippen LogP contribution in [0.3, 0.4) is 0 Å². The summed E-state index contributed by atoms with van der Waals surface area (Å²) in [5.74, 6) is 0. The highest BCUT2D eigenvalue weighted by Crippen LogP contribution is 2.15. The van der Waals surface area contributed by atoms with Crippen molar-refractivity contribution in [2.24, 2.45) is 0 Å². The molecule has 0 saturated carbocycles. The van der Waals surface area contributed by atoms with Crippen LogP contribution in [0.15, 0.2) is 0 Å². The SMILES string of the molecule is OC1CC(O)C(S)CO1. The summed E-state index contributed by atoms with van der Waals surface area (Å²) in [5.41, 5.74) is 0. The van der Waals surface area contributed by atoms with Gasteiger partial charge in [-0.2, -0.15) is 12.6 Å². The Hall–Kier alpha value is 0.230. The molecule has 0 aromatic rings. The third-order valence-corrected chi connectivity index (χ3v) is 1.84. The molecule has 1 aliphatic heterocycles. The summed E-state index contributed by atoms with van der Waals surface area (Å²) in [5, 5.41) is 17.7. The molecule has 1 saturated heterocycles. The standard InChI is InChI=1S/C5H10O3S/c6-3-1-5(7)8-2-4(3)9/h3-7,9H,1-2H2. The monoisotopic (exact) mass is 150 g/mol. The van der Waals surface area contributed by atoms with Crippen molar-refractivity contribution in [3.8, 4) is 0 Å². The van der Waals surface area contributed by atoms with E-state index in [1.54, 1.807) is 0 Å². The van der Waals surface area contributed by atoms with E-state index in [1.165, 1.54) is 0 Å². The fourth-order valence-corrected chi connectivity index (χ4v) is 0.960. The molecule has 2 N–H and O–H groups in total. The van der Waals surface area contributed by atoms with Crippen molar-refractivity contribution in [1.29, 1.82) is 0 Å². The average molecular weight is 150 g/mol. The number of rotatable bonds is 0. The number of aliphatic hydroxyl groups excluding tert-OH is 2. The molecule has 0 aromatic heterocycles. The van der Waals surface area contributed by atoms with E-state index in [1.807, 2.05) is 0 Å². The maximum Gasteiger partial charge on any atom is 0.157 e. The maximum atomic E-state index is 9.03. The quantitative estimate of drug-likeness (QED) is 0.403. The van der Waals surface area contributed by atoms with Crippen LogP contribution in [-0.2, 0) is 4.74 Å². The lowest BCUT2D eigenvalue weighted by molar-refractivity contribution is -0.149. The van der Waals surface area contributed by atoms with E-state index < -0.39 is 12.4 Å². The van der Waals surface area contributed by atoms with Gasteiger partial charge in [0.05, 0.1) is 18.0 Å². The maximum absolute atomic E-state index is 9.03. The minimum atomic E-state index is -0.802. The topological polar surface area (TPSA) is 49.7 Å². The van der Waals surface area contributed by atoms with E-state index in [-0.39, 0.29) is 11.7 Å². The predicted molar refractivity (Wildman–Crippen MR) is 35.4 cm³/mol. The van der Waals surface area contributed by atoms with Crippen molar-refractivity contribution in [2.75, 3.05) is 6.61 Å². The zero-order valence-electron chi connectivity index (χ0n) is 4.90. The molecule has 9 heavy (non-hydrogen) atoms. The highest BCUT2D eigenvalue weighted by molar-refractivity contribution is 7.81. The van der Waals surface area contributed by atoms with Gasteiger partial charge in [-0.25, -0.2) is 0 Å². The first-order chi connectivity index (χ1) is 4.20. The van der Waals surface area contributed by atoms with E-state index >= 15 is 0 Å². The van der Waals surface area contributed by atoms with Gasteiger partial charge >= 0.3 is 0 Å². The van der Waals surface area contributed by atoms with Crippen LogP contribution in [0.2, 0.25) is 0 Å². The van der Waals surface area contributed by atoms with Crippen molar-refractivity contribution in [1.82, 2.24) is 0 Å². The van der Waals surface area contributed by atoms with Crippen LogP contribution in [0.5, 0.6) is 0 Å². The summed E-state index contributed by atoms with van der Waals surface area (Å²) in [6.07, 6.45) is -1.06. The molecule has 0 radical (unpaired) electrons. The lowest BCUT2D eigenvalue weighted by Gasteiger charge is -2.27. The van der Waals surface area contributed by atoms with E-state index in [2.05, 4.69) is 12.6 Å². The van der Waals surface area contributed by atoms with Gasteiger partial charge in [0, 0.05) is 6.42 Å². The zero-order chi connectivity index (χ0) is 6.85. The van der Waals surface area contributed by atoms with E-state index in [4.69, 9.17) is 14.9 Å². The second-order valence-electron chi connectivity index (χ2n) is 2.16. The number of hydrogen-bond donors (Lipinski definition) is 3. The molecule has 3 atom stereocenters. The van der Waals surface area contributed by atoms with Crippen LogP contribution in [0.1, 0.15) is 6.42 Å². The minimum Gasteiger partial charge on any atom is -0.392 e. The molecule has 1 aliphatic rings. The van der Waals surface area contributed by atoms with E-state index in [0.717, 1.165) is 0 Å². The Morgan fingerprint density at radius 2 is 2.11 bits per heavy atom. The molecule has 0 spiro atoms. The Morgan fingerprint density at radius 1 is 1.44 bits per heavy atom. The first-order valence-corrected chi connectivity index (χ1v) is 3.37. The average Bonchev–Trinajstić information content (AvgIpc) is 1.80. The number of aliphatic hydroxyl groups is 2. The molecule has 54 valence electrons. The van der Waals surface area contributed by atoms with Crippen molar-refractivity contribution < 1.29 is 14.9 Å². The van der Waals surface area contributed by atoms with Crippen LogP contribution >= 0.6 is 12.6 Å². The van der Waals surface area contributed by atoms with Crippen molar-refractivity contribution in [2.45, 2.75) is 24.1 Å². The fourth-order valence-electron chi connectivity index (χ4n) is 0.752. The summed E-state index contributed by atoms with van der Waals surface area (Å²) in [6, 6.07) is 0. The van der Waals surface area contributed by atoms with Crippen LogP contribution in [0.25, 0.3) is 0 Å². The second kappa shape index (κ2) is 2.88. The minimum absolute atomic E-state index is 0.145. The molecular weight excluding hydrogens is 140 g/mol. The molecule has 1 heterocycles. The highest BCUT2D eigenvalue weighted by Gasteiger charge is 2.25. The summed E-state index contributed by atoms with van der Waals surface area (Å²) in [6.45, 7) is 0.325. The van der Waals surface area contributed by atoms with Crippen LogP contribution in [0.4, 0.5) is 0 Å². The molecule has 0 amide bonds. The fraction of sp³-hybridized carbons (Fsp3) is 1.00. The van der Waals surface area contributed by atoms with Gasteiger partial charge in [0.15, 0.2) is 6.29 Å². The summed E-state index contributed by atoms with van der Waals surface area (Å²) in [7, 11) is 0. The number of thiol groups is 1. The van der Waals surface area contributed by atoms with Gasteiger partial charge in [0.1, 0.15) is 0 Å². The highest BCUT2D eigenvalue weighted by atomic mass is 32.1. The van der Waals surface area contributed by atoms with Gasteiger partial charge < -0.3 is 14.9 Å². The van der Waals surface area contributed by atoms with Gasteiger partial charge in [-0.3, -0.25) is 0 Å². The molecular formula is C5H10O3S. The van der Waals surface area contributed by atoms with E-state index in [0.29, 0.717) is 6.61 Å². The Kier molecular flexibility index (Phi) is 2.35. The molecule has 0 bridgehead atoms. The molecule has 1 rings (SSSR count). The number of ether oxygens (including phenoxy) is 1. The summed E-state index contributed by atoms with van der Waals surface area (Å²) >= 11 is 4.01. The molecule has 0 aromatic carbocycles. The Labute approximate surface area is 59.1 Å². The first kappa shape index (κ1) is 7.34. The van der Waals surface area contributed by atoms with Gasteiger partial charge in [-0.15, -0.1) is 0 Å². The second-order valence-corrected chi connectivity index (χ2v) is 2.82. The number of hydrogen-bond acceptors (Lipinski definition) is 4. The third-order valence-electron chi connectivity index (χ3n) is 1.35. The van der Waals surface area contributed by atoms with Gasteiger partial charge in [-0.05, 0) is 0 Å². The summed E-state index contributed by atoms with van der Waals surface area (Å²) in [4.78, 5) is 0. The van der Waals surface area contributed by atoms with Gasteiger partial charge in [0.25, 0.3) is 0 Å². The van der Waals surface area contributed by atoms with Crippen molar-refractivity contribution in [3.63, 3.8) is 0 Å². The normalized spacial score (nSPS) is 45.0. The van der Waals surface area contributed by atoms with Gasteiger partial charge in [0.2, 0.25) is 0 Å².